The van der Waals surface area contributed by atoms with Gasteiger partial charge in [0.2, 0.25) is 0 Å². The predicted octanol–water partition coefficient (Wildman–Crippen LogP) is 6.78. The molecule has 0 saturated heterocycles. The Kier molecular flexibility index (Phi) is 9.49. The van der Waals surface area contributed by atoms with E-state index in [0.29, 0.717) is 53.6 Å². The molecule has 0 spiro atoms. The van der Waals surface area contributed by atoms with E-state index in [4.69, 9.17) is 42.4 Å². The monoisotopic (exact) mass is 685 g/mol. The highest BCUT2D eigenvalue weighted by atomic mass is 35.5. The number of nitrogens with zero attached hydrogens (tertiary/aromatic N) is 2. The number of methoxy groups -OCH3 is 2. The number of nitrogens with one attached hydrogen (secondary N) is 1. The number of halogens is 2. The number of fused-ring (bicyclic) bond motifs is 1. The van der Waals surface area contributed by atoms with Crippen LogP contribution in [0.1, 0.15) is 29.7 Å². The lowest BCUT2D eigenvalue weighted by Crippen LogP contribution is -2.40. The van der Waals surface area contributed by atoms with Crippen molar-refractivity contribution in [1.82, 2.24) is 4.57 Å². The van der Waals surface area contributed by atoms with Gasteiger partial charge in [-0.1, -0.05) is 77.0 Å². The number of anilines is 1. The molecule has 1 amide bonds. The minimum atomic E-state index is -0.715. The number of hydrogen-bond acceptors (Lipinski definition) is 7. The van der Waals surface area contributed by atoms with E-state index in [2.05, 4.69) is 5.32 Å². The average Bonchev–Trinajstić information content (AvgIpc) is 3.38. The number of aromatic nitrogens is 1. The maximum Gasteiger partial charge on any atom is 0.271 e. The number of thiazole rings is 1. The molecule has 1 aliphatic rings. The average molecular weight is 687 g/mol. The van der Waals surface area contributed by atoms with Crippen molar-refractivity contribution in [2.24, 2.45) is 4.99 Å². The summed E-state index contributed by atoms with van der Waals surface area (Å²) in [6.07, 6.45) is 1.78. The first-order chi connectivity index (χ1) is 22.7. The van der Waals surface area contributed by atoms with E-state index < -0.39 is 6.04 Å². The zero-order valence-corrected chi connectivity index (χ0v) is 28.0. The number of carbonyl (C=O) groups is 1. The van der Waals surface area contributed by atoms with Crippen molar-refractivity contribution in [2.45, 2.75) is 19.6 Å². The second kappa shape index (κ2) is 13.9. The van der Waals surface area contributed by atoms with Crippen molar-refractivity contribution >= 4 is 52.2 Å². The molecule has 0 radical (unpaired) electrons. The Morgan fingerprint density at radius 1 is 0.957 bits per heavy atom. The highest BCUT2D eigenvalue weighted by molar-refractivity contribution is 7.07. The van der Waals surface area contributed by atoms with Gasteiger partial charge in [-0.25, -0.2) is 4.99 Å². The van der Waals surface area contributed by atoms with Crippen molar-refractivity contribution in [2.75, 3.05) is 19.5 Å². The van der Waals surface area contributed by atoms with E-state index in [-0.39, 0.29) is 18.1 Å². The van der Waals surface area contributed by atoms with Crippen LogP contribution in [0, 0.1) is 0 Å². The third-order valence-electron chi connectivity index (χ3n) is 7.61. The van der Waals surface area contributed by atoms with Crippen LogP contribution in [-0.2, 0) is 11.4 Å². The third kappa shape index (κ3) is 6.83. The number of ether oxygens (including phenoxy) is 3. The zero-order chi connectivity index (χ0) is 33.1. The Bertz CT molecular complexity index is 2180. The number of para-hydroxylation sites is 1. The van der Waals surface area contributed by atoms with Crippen LogP contribution in [0.5, 0.6) is 17.2 Å². The first-order valence-electron chi connectivity index (χ1n) is 14.5. The Labute approximate surface area is 284 Å². The molecule has 1 atom stereocenters. The Morgan fingerprint density at radius 3 is 2.43 bits per heavy atom. The molecule has 1 N–H and O–H groups in total. The summed E-state index contributed by atoms with van der Waals surface area (Å²) in [6, 6.07) is 26.4. The molecule has 0 aliphatic carbocycles. The van der Waals surface area contributed by atoms with Crippen LogP contribution in [0.3, 0.4) is 0 Å². The Hall–Kier alpha value is -4.83. The Morgan fingerprint density at radius 2 is 1.72 bits per heavy atom. The summed E-state index contributed by atoms with van der Waals surface area (Å²) in [4.78, 5) is 33.1. The molecule has 47 heavy (non-hydrogen) atoms. The predicted molar refractivity (Wildman–Crippen MR) is 186 cm³/mol. The van der Waals surface area contributed by atoms with Crippen LogP contribution < -0.4 is 34.4 Å². The van der Waals surface area contributed by atoms with E-state index in [1.807, 2.05) is 66.7 Å². The van der Waals surface area contributed by atoms with Crippen molar-refractivity contribution < 1.29 is 19.0 Å². The molecule has 4 aromatic carbocycles. The van der Waals surface area contributed by atoms with Crippen LogP contribution in [0.2, 0.25) is 10.0 Å². The van der Waals surface area contributed by atoms with E-state index >= 15 is 0 Å². The second-order valence-electron chi connectivity index (χ2n) is 10.6. The summed E-state index contributed by atoms with van der Waals surface area (Å²) in [5.41, 5.74) is 3.52. The molecular weight excluding hydrogens is 657 g/mol. The highest BCUT2D eigenvalue weighted by Crippen LogP contribution is 2.33. The molecule has 0 unspecified atom stereocenters. The van der Waals surface area contributed by atoms with Gasteiger partial charge in [0.05, 0.1) is 36.1 Å². The van der Waals surface area contributed by atoms with Crippen molar-refractivity contribution in [3.8, 4) is 17.2 Å². The maximum atomic E-state index is 14.1. The number of benzene rings is 4. The second-order valence-corrected chi connectivity index (χ2v) is 12.5. The minimum Gasteiger partial charge on any atom is -0.497 e. The van der Waals surface area contributed by atoms with Crippen molar-refractivity contribution in [3.63, 3.8) is 0 Å². The van der Waals surface area contributed by atoms with Gasteiger partial charge in [-0.05, 0) is 72.7 Å². The fourth-order valence-electron chi connectivity index (χ4n) is 5.27. The van der Waals surface area contributed by atoms with Gasteiger partial charge >= 0.3 is 0 Å². The summed E-state index contributed by atoms with van der Waals surface area (Å²) in [5, 5.41) is 4.02. The quantitative estimate of drug-likeness (QED) is 0.185. The molecule has 0 saturated carbocycles. The summed E-state index contributed by atoms with van der Waals surface area (Å²) in [7, 11) is 3.14. The molecule has 1 aliphatic heterocycles. The number of hydrogen-bond donors (Lipinski definition) is 1. The number of rotatable bonds is 9. The summed E-state index contributed by atoms with van der Waals surface area (Å²) < 4.78 is 19.0. The largest absolute Gasteiger partial charge is 0.497 e. The molecule has 0 fully saturated rings. The van der Waals surface area contributed by atoms with E-state index in [9.17, 15) is 9.59 Å². The molecule has 238 valence electrons. The molecule has 11 heteroatoms. The van der Waals surface area contributed by atoms with Crippen LogP contribution in [0.4, 0.5) is 5.69 Å². The van der Waals surface area contributed by atoms with Crippen molar-refractivity contribution in [3.05, 3.63) is 149 Å². The first-order valence-corrected chi connectivity index (χ1v) is 16.1. The van der Waals surface area contributed by atoms with Gasteiger partial charge in [-0.3, -0.25) is 14.2 Å². The fraction of sp³-hybridized carbons (Fsp3) is 0.139. The van der Waals surface area contributed by atoms with Gasteiger partial charge in [-0.15, -0.1) is 0 Å². The van der Waals surface area contributed by atoms with Crippen LogP contribution in [-0.4, -0.2) is 24.7 Å². The summed E-state index contributed by atoms with van der Waals surface area (Å²) in [6.45, 7) is 2.00. The van der Waals surface area contributed by atoms with Gasteiger partial charge < -0.3 is 19.5 Å². The lowest BCUT2D eigenvalue weighted by atomic mass is 9.95. The smallest absolute Gasteiger partial charge is 0.271 e. The minimum absolute atomic E-state index is 0.217. The molecule has 1 aromatic heterocycles. The number of carbonyl (C=O) groups excluding carboxylic acids is 1. The Balaban J connectivity index is 1.37. The van der Waals surface area contributed by atoms with E-state index in [1.165, 1.54) is 11.3 Å². The van der Waals surface area contributed by atoms with Crippen LogP contribution in [0.15, 0.2) is 112 Å². The van der Waals surface area contributed by atoms with Crippen LogP contribution >= 0.6 is 34.5 Å². The molecular formula is C36H29Cl2N3O5S. The molecule has 2 heterocycles. The number of allylic oxidation sites excluding steroid dienone is 1. The highest BCUT2D eigenvalue weighted by Gasteiger charge is 2.32. The lowest BCUT2D eigenvalue weighted by Gasteiger charge is -2.25. The summed E-state index contributed by atoms with van der Waals surface area (Å²) in [5.74, 6) is 1.33. The molecule has 6 rings (SSSR count). The molecule has 5 aromatic rings. The topological polar surface area (TPSA) is 91.2 Å². The number of amides is 1. The lowest BCUT2D eigenvalue weighted by molar-refractivity contribution is -0.113. The van der Waals surface area contributed by atoms with E-state index in [1.54, 1.807) is 56.1 Å². The maximum absolute atomic E-state index is 14.1. The van der Waals surface area contributed by atoms with Gasteiger partial charge in [0.15, 0.2) is 16.3 Å². The fourth-order valence-corrected chi connectivity index (χ4v) is 6.78. The molecule has 8 nitrogen and oxygen atoms in total. The third-order valence-corrected chi connectivity index (χ3v) is 9.18. The SMILES string of the molecule is COc1ccc([C@@H]2C(C(=O)Nc3ccccc3)=C(C)N=c3s/c(=C/c4ccc(OCc5ccc(Cl)cc5Cl)c(OC)c4)c(=O)n32)cc1. The normalized spacial score (nSPS) is 14.3. The molecule has 0 bridgehead atoms. The zero-order valence-electron chi connectivity index (χ0n) is 25.6. The van der Waals surface area contributed by atoms with Gasteiger partial charge in [-0.2, -0.15) is 0 Å². The van der Waals surface area contributed by atoms with Gasteiger partial charge in [0.25, 0.3) is 11.5 Å². The first kappa shape index (κ1) is 32.1. The summed E-state index contributed by atoms with van der Waals surface area (Å²) >= 11 is 13.6. The van der Waals surface area contributed by atoms with Gasteiger partial charge in [0, 0.05) is 21.3 Å². The van der Waals surface area contributed by atoms with Crippen LogP contribution in [0.25, 0.3) is 6.08 Å². The van der Waals surface area contributed by atoms with Gasteiger partial charge in [0.1, 0.15) is 12.4 Å². The standard InChI is InChI=1S/C36H29Cl2N3O5S/c1-21-32(34(42)40-26-7-5-4-6-8-26)33(23-11-14-27(44-2)15-12-23)41-35(43)31(47-36(41)39-21)18-22-9-16-29(30(17-22)45-3)46-20-24-10-13-25(37)19-28(24)38/h4-19,33H,20H2,1-3H3,(H,40,42)/b31-18+/t33-/m1/s1. The van der Waals surface area contributed by atoms with Crippen molar-refractivity contribution in [1.29, 1.82) is 0 Å². The van der Waals surface area contributed by atoms with E-state index in [0.717, 1.165) is 16.7 Å².